The second kappa shape index (κ2) is 4.94. The molecule has 1 amide bonds. The number of amides is 1. The lowest BCUT2D eigenvalue weighted by Crippen LogP contribution is -2.49. The molecule has 2 aliphatic heterocycles. The summed E-state index contributed by atoms with van der Waals surface area (Å²) in [4.78, 5) is 11.9. The third-order valence-electron chi connectivity index (χ3n) is 3.29. The van der Waals surface area contributed by atoms with Gasteiger partial charge in [-0.15, -0.1) is 0 Å². The summed E-state index contributed by atoms with van der Waals surface area (Å²) < 4.78 is 5.44. The molecule has 0 aliphatic carbocycles. The fourth-order valence-electron chi connectivity index (χ4n) is 2.29. The SMILES string of the molecule is CC1CCOC1C(=O)N[C@@H]1CCCNC1. The lowest BCUT2D eigenvalue weighted by Gasteiger charge is -2.25. The summed E-state index contributed by atoms with van der Waals surface area (Å²) in [6.07, 6.45) is 3.01. The average molecular weight is 212 g/mol. The van der Waals surface area contributed by atoms with Crippen molar-refractivity contribution in [2.24, 2.45) is 5.92 Å². The predicted octanol–water partition coefficient (Wildman–Crippen LogP) is 0.280. The van der Waals surface area contributed by atoms with Gasteiger partial charge in [0.05, 0.1) is 0 Å². The molecule has 3 atom stereocenters. The maximum absolute atomic E-state index is 11.9. The summed E-state index contributed by atoms with van der Waals surface area (Å²) >= 11 is 0. The Balaban J connectivity index is 1.80. The van der Waals surface area contributed by atoms with Crippen molar-refractivity contribution >= 4 is 5.91 Å². The first-order chi connectivity index (χ1) is 7.27. The van der Waals surface area contributed by atoms with Crippen LogP contribution in [0.15, 0.2) is 0 Å². The van der Waals surface area contributed by atoms with Crippen LogP contribution in [0.5, 0.6) is 0 Å². The minimum atomic E-state index is -0.216. The molecule has 2 rings (SSSR count). The lowest BCUT2D eigenvalue weighted by molar-refractivity contribution is -0.132. The highest BCUT2D eigenvalue weighted by molar-refractivity contribution is 5.81. The smallest absolute Gasteiger partial charge is 0.249 e. The van der Waals surface area contributed by atoms with Gasteiger partial charge in [-0.25, -0.2) is 0 Å². The molecule has 2 heterocycles. The van der Waals surface area contributed by atoms with Crippen LogP contribution in [0.25, 0.3) is 0 Å². The molecule has 0 aromatic rings. The summed E-state index contributed by atoms with van der Waals surface area (Å²) in [6, 6.07) is 0.294. The molecule has 2 fully saturated rings. The van der Waals surface area contributed by atoms with E-state index in [4.69, 9.17) is 4.74 Å². The highest BCUT2D eigenvalue weighted by Gasteiger charge is 2.32. The molecule has 4 nitrogen and oxygen atoms in total. The highest BCUT2D eigenvalue weighted by Crippen LogP contribution is 2.20. The van der Waals surface area contributed by atoms with Crippen molar-refractivity contribution in [2.45, 2.75) is 38.3 Å². The van der Waals surface area contributed by atoms with E-state index < -0.39 is 0 Å². The van der Waals surface area contributed by atoms with Crippen LogP contribution in [-0.4, -0.2) is 37.7 Å². The number of carbonyl (C=O) groups excluding carboxylic acids is 1. The molecular weight excluding hydrogens is 192 g/mol. The molecule has 4 heteroatoms. The van der Waals surface area contributed by atoms with Crippen molar-refractivity contribution in [3.63, 3.8) is 0 Å². The van der Waals surface area contributed by atoms with Crippen LogP contribution in [0, 0.1) is 5.92 Å². The molecule has 2 aliphatic rings. The van der Waals surface area contributed by atoms with Crippen LogP contribution in [0.1, 0.15) is 26.2 Å². The summed E-state index contributed by atoms with van der Waals surface area (Å²) in [7, 11) is 0. The van der Waals surface area contributed by atoms with Gasteiger partial charge in [-0.3, -0.25) is 4.79 Å². The van der Waals surface area contributed by atoms with E-state index in [2.05, 4.69) is 17.6 Å². The standard InChI is InChI=1S/C11H20N2O2/c1-8-4-6-15-10(8)11(14)13-9-3-2-5-12-7-9/h8-10,12H,2-7H2,1H3,(H,13,14)/t8?,9-,10?/m1/s1. The molecule has 86 valence electrons. The summed E-state index contributed by atoms with van der Waals surface area (Å²) in [5, 5.41) is 6.35. The first kappa shape index (κ1) is 10.9. The quantitative estimate of drug-likeness (QED) is 0.691. The fraction of sp³-hybridized carbons (Fsp3) is 0.909. The average Bonchev–Trinajstić information content (AvgIpc) is 2.66. The van der Waals surface area contributed by atoms with Crippen LogP contribution < -0.4 is 10.6 Å². The molecule has 0 saturated carbocycles. The van der Waals surface area contributed by atoms with Crippen molar-refractivity contribution in [2.75, 3.05) is 19.7 Å². The number of hydrogen-bond donors (Lipinski definition) is 2. The van der Waals surface area contributed by atoms with E-state index in [-0.39, 0.29) is 12.0 Å². The second-order valence-electron chi connectivity index (χ2n) is 4.61. The summed E-state index contributed by atoms with van der Waals surface area (Å²) in [5.74, 6) is 0.440. The van der Waals surface area contributed by atoms with Crippen molar-refractivity contribution in [1.29, 1.82) is 0 Å². The third kappa shape index (κ3) is 2.69. The van der Waals surface area contributed by atoms with Gasteiger partial charge in [0.1, 0.15) is 6.10 Å². The zero-order chi connectivity index (χ0) is 10.7. The zero-order valence-corrected chi connectivity index (χ0v) is 9.29. The number of nitrogens with one attached hydrogen (secondary N) is 2. The molecule has 2 unspecified atom stereocenters. The number of hydrogen-bond acceptors (Lipinski definition) is 3. The van der Waals surface area contributed by atoms with Gasteiger partial charge in [0.2, 0.25) is 5.91 Å². The van der Waals surface area contributed by atoms with E-state index in [1.807, 2.05) is 0 Å². The maximum atomic E-state index is 11.9. The summed E-state index contributed by atoms with van der Waals surface area (Å²) in [5.41, 5.74) is 0. The molecule has 0 radical (unpaired) electrons. The Bertz CT molecular complexity index is 227. The van der Waals surface area contributed by atoms with Gasteiger partial charge in [-0.2, -0.15) is 0 Å². The third-order valence-corrected chi connectivity index (χ3v) is 3.29. The Labute approximate surface area is 90.8 Å². The van der Waals surface area contributed by atoms with Crippen LogP contribution in [-0.2, 0) is 9.53 Å². The van der Waals surface area contributed by atoms with Crippen LogP contribution in [0.3, 0.4) is 0 Å². The van der Waals surface area contributed by atoms with E-state index >= 15 is 0 Å². The molecule has 0 bridgehead atoms. The normalized spacial score (nSPS) is 36.5. The van der Waals surface area contributed by atoms with E-state index in [1.54, 1.807) is 0 Å². The number of piperidine rings is 1. The first-order valence-corrected chi connectivity index (χ1v) is 5.90. The fourth-order valence-corrected chi connectivity index (χ4v) is 2.29. The largest absolute Gasteiger partial charge is 0.368 e. The lowest BCUT2D eigenvalue weighted by atomic mass is 10.0. The van der Waals surface area contributed by atoms with Gasteiger partial charge in [-0.1, -0.05) is 6.92 Å². The van der Waals surface area contributed by atoms with E-state index in [0.29, 0.717) is 12.0 Å². The molecule has 0 aromatic heterocycles. The van der Waals surface area contributed by atoms with Crippen LogP contribution in [0.2, 0.25) is 0 Å². The molecule has 15 heavy (non-hydrogen) atoms. The Morgan fingerprint density at radius 3 is 2.93 bits per heavy atom. The van der Waals surface area contributed by atoms with Gasteiger partial charge in [0.15, 0.2) is 0 Å². The Kier molecular flexibility index (Phi) is 3.59. The highest BCUT2D eigenvalue weighted by atomic mass is 16.5. The van der Waals surface area contributed by atoms with Gasteiger partial charge in [0.25, 0.3) is 0 Å². The van der Waals surface area contributed by atoms with E-state index in [1.165, 1.54) is 0 Å². The van der Waals surface area contributed by atoms with E-state index in [0.717, 1.165) is 39.0 Å². The van der Waals surface area contributed by atoms with Crippen molar-refractivity contribution in [3.05, 3.63) is 0 Å². The van der Waals surface area contributed by atoms with Gasteiger partial charge < -0.3 is 15.4 Å². The molecule has 2 N–H and O–H groups in total. The minimum Gasteiger partial charge on any atom is -0.368 e. The van der Waals surface area contributed by atoms with Crippen molar-refractivity contribution < 1.29 is 9.53 Å². The minimum absolute atomic E-state index is 0.0775. The number of carbonyl (C=O) groups is 1. The van der Waals surface area contributed by atoms with Crippen LogP contribution >= 0.6 is 0 Å². The Morgan fingerprint density at radius 1 is 1.47 bits per heavy atom. The summed E-state index contributed by atoms with van der Waals surface area (Å²) in [6.45, 7) is 4.77. The Morgan fingerprint density at radius 2 is 2.33 bits per heavy atom. The number of rotatable bonds is 2. The predicted molar refractivity (Wildman–Crippen MR) is 57.6 cm³/mol. The van der Waals surface area contributed by atoms with Gasteiger partial charge in [-0.05, 0) is 31.7 Å². The maximum Gasteiger partial charge on any atom is 0.249 e. The second-order valence-corrected chi connectivity index (χ2v) is 4.61. The number of ether oxygens (including phenoxy) is 1. The Hall–Kier alpha value is -0.610. The molecule has 2 saturated heterocycles. The topological polar surface area (TPSA) is 50.4 Å². The first-order valence-electron chi connectivity index (χ1n) is 5.90. The van der Waals surface area contributed by atoms with Crippen molar-refractivity contribution in [1.82, 2.24) is 10.6 Å². The van der Waals surface area contributed by atoms with Crippen molar-refractivity contribution in [3.8, 4) is 0 Å². The zero-order valence-electron chi connectivity index (χ0n) is 9.29. The van der Waals surface area contributed by atoms with Crippen LogP contribution in [0.4, 0.5) is 0 Å². The molecule has 0 spiro atoms. The molecule has 0 aromatic carbocycles. The van der Waals surface area contributed by atoms with E-state index in [9.17, 15) is 4.79 Å². The monoisotopic (exact) mass is 212 g/mol. The van der Waals surface area contributed by atoms with Gasteiger partial charge in [0, 0.05) is 19.2 Å². The molecular formula is C11H20N2O2. The van der Waals surface area contributed by atoms with Gasteiger partial charge >= 0.3 is 0 Å².